The molecule has 0 atom stereocenters. The number of amides is 2. The largest absolute Gasteiger partial charge is 0.313 e. The lowest BCUT2D eigenvalue weighted by Gasteiger charge is -2.09. The van der Waals surface area contributed by atoms with Gasteiger partial charge in [-0.3, -0.25) is 9.59 Å². The molecule has 0 saturated carbocycles. The zero-order valence-corrected chi connectivity index (χ0v) is 16.5. The molecular weight excluding hydrogens is 392 g/mol. The van der Waals surface area contributed by atoms with Crippen LogP contribution in [0.5, 0.6) is 0 Å². The van der Waals surface area contributed by atoms with E-state index in [2.05, 4.69) is 15.4 Å². The number of nitroso groups, excluding NO2 is 1. The second kappa shape index (κ2) is 8.94. The zero-order valence-electron chi connectivity index (χ0n) is 16.5. The van der Waals surface area contributed by atoms with Gasteiger partial charge in [-0.25, -0.2) is 8.78 Å². The van der Waals surface area contributed by atoms with E-state index < -0.39 is 17.6 Å². The number of halogens is 2. The Morgan fingerprint density at radius 1 is 0.967 bits per heavy atom. The molecule has 0 heterocycles. The number of hydrogen-bond donors (Lipinski definition) is 0. The molecule has 6 nitrogen and oxygen atoms in total. The first-order valence-electron chi connectivity index (χ1n) is 9.50. The number of nitrogens with zero attached hydrogens (tertiary/aromatic N) is 3. The molecule has 30 heavy (non-hydrogen) atoms. The Morgan fingerprint density at radius 2 is 1.67 bits per heavy atom. The summed E-state index contributed by atoms with van der Waals surface area (Å²) in [7, 11) is 0. The summed E-state index contributed by atoms with van der Waals surface area (Å²) >= 11 is 0. The average molecular weight is 411 g/mol. The number of carbonyl (C=O) groups is 2. The maximum absolute atomic E-state index is 14.8. The molecule has 0 saturated heterocycles. The molecule has 0 aromatic heterocycles. The number of rotatable bonds is 5. The fourth-order valence-electron chi connectivity index (χ4n) is 3.46. The standard InChI is InChI=1S/C22H19F2N3O3/c1-3-13-10-15(14-7-8-18(23)12(2)9-14)11-19(24)20(13)25-26-21(28)16-5-4-6-17(16)22(29)27-30/h7-11H,3-6H2,1-2H3. The van der Waals surface area contributed by atoms with Crippen LogP contribution in [-0.2, 0) is 16.0 Å². The fourth-order valence-corrected chi connectivity index (χ4v) is 3.46. The Balaban J connectivity index is 1.94. The molecular formula is C22H19F2N3O3. The maximum Gasteiger partial charge on any atom is 0.313 e. The summed E-state index contributed by atoms with van der Waals surface area (Å²) in [6.45, 7) is 3.43. The van der Waals surface area contributed by atoms with Crippen LogP contribution < -0.4 is 0 Å². The smallest absolute Gasteiger partial charge is 0.265 e. The van der Waals surface area contributed by atoms with Crippen molar-refractivity contribution in [2.45, 2.75) is 39.5 Å². The van der Waals surface area contributed by atoms with Gasteiger partial charge in [-0.15, -0.1) is 15.1 Å². The summed E-state index contributed by atoms with van der Waals surface area (Å²) in [4.78, 5) is 34.4. The third-order valence-corrected chi connectivity index (χ3v) is 5.07. The average Bonchev–Trinajstić information content (AvgIpc) is 3.23. The number of carbonyl (C=O) groups excluding carboxylic acids is 2. The monoisotopic (exact) mass is 411 g/mol. The van der Waals surface area contributed by atoms with Crippen LogP contribution in [0.4, 0.5) is 14.5 Å². The van der Waals surface area contributed by atoms with E-state index in [1.165, 1.54) is 12.1 Å². The highest BCUT2D eigenvalue weighted by molar-refractivity contribution is 6.05. The summed E-state index contributed by atoms with van der Waals surface area (Å²) in [5.74, 6) is -2.78. The second-order valence-corrected chi connectivity index (χ2v) is 7.00. The zero-order chi connectivity index (χ0) is 21.8. The van der Waals surface area contributed by atoms with Crippen molar-refractivity contribution < 1.29 is 18.4 Å². The van der Waals surface area contributed by atoms with Crippen LogP contribution >= 0.6 is 0 Å². The normalized spacial score (nSPS) is 13.9. The highest BCUT2D eigenvalue weighted by atomic mass is 19.1. The summed E-state index contributed by atoms with van der Waals surface area (Å²) in [5, 5.41) is 9.74. The van der Waals surface area contributed by atoms with E-state index in [0.29, 0.717) is 41.5 Å². The van der Waals surface area contributed by atoms with Crippen LogP contribution in [0.25, 0.3) is 11.1 Å². The van der Waals surface area contributed by atoms with E-state index in [1.54, 1.807) is 32.0 Å². The third kappa shape index (κ3) is 4.27. The van der Waals surface area contributed by atoms with Gasteiger partial charge < -0.3 is 0 Å². The Kier molecular flexibility index (Phi) is 6.34. The van der Waals surface area contributed by atoms with Gasteiger partial charge in [0.15, 0.2) is 5.82 Å². The van der Waals surface area contributed by atoms with Crippen LogP contribution in [0.15, 0.2) is 56.9 Å². The van der Waals surface area contributed by atoms with Crippen molar-refractivity contribution in [2.75, 3.05) is 0 Å². The quantitative estimate of drug-likeness (QED) is 0.454. The summed E-state index contributed by atoms with van der Waals surface area (Å²) in [6.07, 6.45) is 1.53. The molecule has 154 valence electrons. The minimum absolute atomic E-state index is 0.0483. The van der Waals surface area contributed by atoms with Crippen molar-refractivity contribution in [3.63, 3.8) is 0 Å². The SMILES string of the molecule is CCc1cc(-c2ccc(F)c(C)c2)cc(F)c1N=NC(=O)C1=C(C(=O)N=O)CCC1. The molecule has 2 aromatic carbocycles. The minimum atomic E-state index is -0.981. The van der Waals surface area contributed by atoms with Gasteiger partial charge in [0.1, 0.15) is 11.5 Å². The van der Waals surface area contributed by atoms with Gasteiger partial charge in [-0.2, -0.15) is 0 Å². The van der Waals surface area contributed by atoms with Gasteiger partial charge in [-0.05, 0) is 79.1 Å². The summed E-state index contributed by atoms with van der Waals surface area (Å²) in [6, 6.07) is 7.48. The molecule has 1 aliphatic carbocycles. The summed E-state index contributed by atoms with van der Waals surface area (Å²) < 4.78 is 28.3. The topological polar surface area (TPSA) is 88.3 Å². The van der Waals surface area contributed by atoms with Crippen molar-refractivity contribution in [2.24, 2.45) is 15.4 Å². The van der Waals surface area contributed by atoms with Crippen molar-refractivity contribution >= 4 is 17.5 Å². The van der Waals surface area contributed by atoms with E-state index in [1.807, 2.05) is 0 Å². The number of azo groups is 1. The van der Waals surface area contributed by atoms with Gasteiger partial charge in [0.25, 0.3) is 5.91 Å². The predicted molar refractivity (Wildman–Crippen MR) is 107 cm³/mol. The van der Waals surface area contributed by atoms with Crippen molar-refractivity contribution in [1.82, 2.24) is 0 Å². The van der Waals surface area contributed by atoms with Crippen molar-refractivity contribution in [1.29, 1.82) is 0 Å². The highest BCUT2D eigenvalue weighted by Crippen LogP contribution is 2.33. The van der Waals surface area contributed by atoms with Gasteiger partial charge in [-0.1, -0.05) is 13.0 Å². The van der Waals surface area contributed by atoms with Crippen LogP contribution in [0.2, 0.25) is 0 Å². The lowest BCUT2D eigenvalue weighted by atomic mass is 9.99. The third-order valence-electron chi connectivity index (χ3n) is 5.07. The number of benzene rings is 2. The highest BCUT2D eigenvalue weighted by Gasteiger charge is 2.26. The molecule has 3 rings (SSSR count). The lowest BCUT2D eigenvalue weighted by Crippen LogP contribution is -2.04. The maximum atomic E-state index is 14.8. The Bertz CT molecular complexity index is 1110. The number of aryl methyl sites for hydroxylation is 2. The lowest BCUT2D eigenvalue weighted by molar-refractivity contribution is -0.117. The molecule has 2 amide bonds. The second-order valence-electron chi connectivity index (χ2n) is 7.00. The predicted octanol–water partition coefficient (Wildman–Crippen LogP) is 5.89. The first kappa shape index (κ1) is 21.3. The Hall–Kier alpha value is -3.42. The van der Waals surface area contributed by atoms with E-state index in [4.69, 9.17) is 0 Å². The van der Waals surface area contributed by atoms with Crippen molar-refractivity contribution in [3.05, 3.63) is 69.1 Å². The Labute approximate surface area is 171 Å². The molecule has 0 N–H and O–H groups in total. The minimum Gasteiger partial charge on any atom is -0.265 e. The van der Waals surface area contributed by atoms with Gasteiger partial charge in [0.05, 0.1) is 0 Å². The molecule has 0 aliphatic heterocycles. The van der Waals surface area contributed by atoms with Crippen LogP contribution in [0.3, 0.4) is 0 Å². The van der Waals surface area contributed by atoms with E-state index in [0.717, 1.165) is 0 Å². The van der Waals surface area contributed by atoms with E-state index in [-0.39, 0.29) is 29.1 Å². The Morgan fingerprint density at radius 3 is 2.30 bits per heavy atom. The molecule has 8 heteroatoms. The van der Waals surface area contributed by atoms with E-state index >= 15 is 0 Å². The molecule has 0 bridgehead atoms. The van der Waals surface area contributed by atoms with Gasteiger partial charge in [0, 0.05) is 16.3 Å². The molecule has 0 spiro atoms. The molecule has 2 aromatic rings. The van der Waals surface area contributed by atoms with Crippen LogP contribution in [0, 0.1) is 23.5 Å². The first-order chi connectivity index (χ1) is 14.3. The molecule has 0 fully saturated rings. The number of hydrogen-bond acceptors (Lipinski definition) is 4. The van der Waals surface area contributed by atoms with Crippen LogP contribution in [0.1, 0.15) is 37.3 Å². The van der Waals surface area contributed by atoms with Gasteiger partial charge in [0.2, 0.25) is 0 Å². The first-order valence-corrected chi connectivity index (χ1v) is 9.50. The van der Waals surface area contributed by atoms with Crippen LogP contribution in [-0.4, -0.2) is 11.8 Å². The molecule has 0 radical (unpaired) electrons. The fraction of sp³-hybridized carbons (Fsp3) is 0.273. The van der Waals surface area contributed by atoms with Gasteiger partial charge >= 0.3 is 5.91 Å². The summed E-state index contributed by atoms with van der Waals surface area (Å²) in [5.41, 5.74) is 2.25. The van der Waals surface area contributed by atoms with Crippen molar-refractivity contribution in [3.8, 4) is 11.1 Å². The molecule has 0 unspecified atom stereocenters. The molecule has 1 aliphatic rings. The van der Waals surface area contributed by atoms with E-state index in [9.17, 15) is 23.3 Å².